The summed E-state index contributed by atoms with van der Waals surface area (Å²) in [4.78, 5) is 54.9. The van der Waals surface area contributed by atoms with Gasteiger partial charge in [-0.2, -0.15) is 13.6 Å². The fraction of sp³-hybridized carbons (Fsp3) is 0.545. The summed E-state index contributed by atoms with van der Waals surface area (Å²) in [7, 11) is -16.9. The van der Waals surface area contributed by atoms with Crippen molar-refractivity contribution in [2.24, 2.45) is 5.73 Å². The highest BCUT2D eigenvalue weighted by atomic mass is 31.3. The molecule has 18 nitrogen and oxygen atoms in total. The number of aliphatic hydroxyl groups is 1. The lowest BCUT2D eigenvalue weighted by Crippen LogP contribution is -2.55. The second-order valence-corrected chi connectivity index (χ2v) is 10.7. The zero-order valence-electron chi connectivity index (χ0n) is 15.8. The summed E-state index contributed by atoms with van der Waals surface area (Å²) in [6, 6.07) is 0. The Morgan fingerprint density at radius 1 is 1.28 bits per heavy atom. The van der Waals surface area contributed by atoms with E-state index in [9.17, 15) is 33.4 Å². The minimum atomic E-state index is -5.78. The van der Waals surface area contributed by atoms with Crippen molar-refractivity contribution < 1.29 is 56.3 Å². The number of aromatic nitrogens is 3. The number of nitrogens with zero attached hydrogens (tertiary/aromatic N) is 3. The molecule has 9 N–H and O–H groups in total. The molecule has 2 heterocycles. The molecule has 0 aliphatic carbocycles. The van der Waals surface area contributed by atoms with Gasteiger partial charge in [0.25, 0.3) is 0 Å². The van der Waals surface area contributed by atoms with Gasteiger partial charge in [0.2, 0.25) is 5.95 Å². The van der Waals surface area contributed by atoms with Gasteiger partial charge in [0.05, 0.1) is 6.10 Å². The van der Waals surface area contributed by atoms with Crippen molar-refractivity contribution in [3.63, 3.8) is 0 Å². The van der Waals surface area contributed by atoms with E-state index in [0.717, 1.165) is 13.3 Å². The highest BCUT2D eigenvalue weighted by Gasteiger charge is 2.57. The number of phosphoric ester groups is 1. The van der Waals surface area contributed by atoms with Crippen LogP contribution in [-0.2, 0) is 31.6 Å². The SMILES string of the molecule is C#CC1(N)C(O)[C@@H]([C@H](C)OP(=O)(O)OP(=O)(O)OP(=O)(O)O)O[C@H]1n1cnc(N)nc1=O. The number of hydrogen-bond acceptors (Lipinski definition) is 13. The number of ether oxygens (including phenoxy) is 1. The van der Waals surface area contributed by atoms with Crippen LogP contribution in [0.3, 0.4) is 0 Å². The monoisotopic (exact) mass is 521 g/mol. The fourth-order valence-electron chi connectivity index (χ4n) is 2.66. The Hall–Kier alpha value is -1.54. The molecule has 1 aromatic heterocycles. The number of anilines is 1. The van der Waals surface area contributed by atoms with Crippen molar-refractivity contribution in [1.82, 2.24) is 14.5 Å². The van der Waals surface area contributed by atoms with Crippen molar-refractivity contribution in [2.45, 2.75) is 37.0 Å². The topological polar surface area (TPSA) is 289 Å². The van der Waals surface area contributed by atoms with E-state index in [0.29, 0.717) is 4.57 Å². The van der Waals surface area contributed by atoms with E-state index in [1.807, 2.05) is 5.92 Å². The molecule has 180 valence electrons. The minimum Gasteiger partial charge on any atom is -0.387 e. The first-order chi connectivity index (χ1) is 14.4. The number of hydrogen-bond donors (Lipinski definition) is 7. The molecule has 1 fully saturated rings. The van der Waals surface area contributed by atoms with Crippen molar-refractivity contribution >= 4 is 29.4 Å². The van der Waals surface area contributed by atoms with Gasteiger partial charge in [0, 0.05) is 0 Å². The average molecular weight is 521 g/mol. The molecular weight excluding hydrogens is 503 g/mol. The summed E-state index contributed by atoms with van der Waals surface area (Å²) in [5, 5.41) is 10.5. The van der Waals surface area contributed by atoms with Gasteiger partial charge in [-0.05, 0) is 6.92 Å². The number of rotatable bonds is 8. The fourth-order valence-corrected chi connectivity index (χ4v) is 5.86. The summed E-state index contributed by atoms with van der Waals surface area (Å²) >= 11 is 0. The molecule has 0 saturated carbocycles. The van der Waals surface area contributed by atoms with Crippen molar-refractivity contribution in [3.05, 3.63) is 16.8 Å². The van der Waals surface area contributed by atoms with E-state index in [-0.39, 0.29) is 5.95 Å². The van der Waals surface area contributed by atoms with E-state index in [1.54, 1.807) is 0 Å². The Labute approximate surface area is 178 Å². The number of terminal acetylenes is 1. The molecule has 0 amide bonds. The Morgan fingerprint density at radius 3 is 2.38 bits per heavy atom. The second-order valence-electron chi connectivity index (χ2n) is 6.28. The smallest absolute Gasteiger partial charge is 0.387 e. The third-order valence-electron chi connectivity index (χ3n) is 3.92. The lowest BCUT2D eigenvalue weighted by molar-refractivity contribution is -0.0757. The first-order valence-electron chi connectivity index (χ1n) is 8.04. The third-order valence-corrected chi connectivity index (χ3v) is 7.85. The Kier molecular flexibility index (Phi) is 7.52. The van der Waals surface area contributed by atoms with Crippen molar-refractivity contribution in [2.75, 3.05) is 5.73 Å². The first-order valence-corrected chi connectivity index (χ1v) is 12.6. The molecule has 1 aromatic rings. The lowest BCUT2D eigenvalue weighted by Gasteiger charge is -2.28. The largest absolute Gasteiger partial charge is 0.490 e. The average Bonchev–Trinajstić information content (AvgIpc) is 2.84. The summed E-state index contributed by atoms with van der Waals surface area (Å²) in [5.74, 6) is 1.66. The standard InChI is InChI=1S/C11H18N5O13P3/c1-3-11(13)7(17)6(26-8(11)16-4-14-9(12)15-10(16)18)5(2)27-31(22,23)29-32(24,25)28-30(19,20)21/h1,4-8,17H,13H2,2H3,(H,22,23)(H,24,25)(H2,12,15,18)(H2,19,20,21)/t5-,6+,7?,8+,11?/m0/s1. The number of aliphatic hydroxyl groups excluding tert-OH is 1. The van der Waals surface area contributed by atoms with Gasteiger partial charge >= 0.3 is 29.2 Å². The van der Waals surface area contributed by atoms with Crippen LogP contribution in [0.25, 0.3) is 0 Å². The van der Waals surface area contributed by atoms with E-state index >= 15 is 0 Å². The van der Waals surface area contributed by atoms with Crippen LogP contribution in [0.1, 0.15) is 13.2 Å². The molecule has 4 unspecified atom stereocenters. The van der Waals surface area contributed by atoms with Gasteiger partial charge in [-0.3, -0.25) is 9.09 Å². The maximum atomic E-state index is 12.1. The van der Waals surface area contributed by atoms with Crippen molar-refractivity contribution in [1.29, 1.82) is 0 Å². The molecule has 32 heavy (non-hydrogen) atoms. The second kappa shape index (κ2) is 9.01. The van der Waals surface area contributed by atoms with E-state index in [4.69, 9.17) is 32.4 Å². The predicted octanol–water partition coefficient (Wildman–Crippen LogP) is -2.46. The zero-order valence-corrected chi connectivity index (χ0v) is 18.5. The number of phosphoric acid groups is 3. The molecule has 1 saturated heterocycles. The Balaban J connectivity index is 2.27. The van der Waals surface area contributed by atoms with Crippen LogP contribution in [0.4, 0.5) is 5.95 Å². The Morgan fingerprint density at radius 2 is 1.88 bits per heavy atom. The van der Waals surface area contributed by atoms with E-state index in [2.05, 4.69) is 23.1 Å². The molecule has 0 bridgehead atoms. The highest BCUT2D eigenvalue weighted by Crippen LogP contribution is 2.66. The predicted molar refractivity (Wildman–Crippen MR) is 101 cm³/mol. The summed E-state index contributed by atoms with van der Waals surface area (Å²) in [6.45, 7) is 1.02. The van der Waals surface area contributed by atoms with Crippen LogP contribution < -0.4 is 17.2 Å². The van der Waals surface area contributed by atoms with Crippen LogP contribution in [-0.4, -0.2) is 63.1 Å². The normalized spacial score (nSPS) is 30.8. The van der Waals surface area contributed by atoms with Crippen LogP contribution in [0, 0.1) is 12.3 Å². The van der Waals surface area contributed by atoms with Crippen molar-refractivity contribution in [3.8, 4) is 12.3 Å². The van der Waals surface area contributed by atoms with Crippen LogP contribution in [0.5, 0.6) is 0 Å². The summed E-state index contributed by atoms with van der Waals surface area (Å²) in [5.41, 5.74) is 8.14. The molecule has 0 radical (unpaired) electrons. The van der Waals surface area contributed by atoms with Gasteiger partial charge in [-0.25, -0.2) is 23.5 Å². The molecule has 1 aliphatic rings. The highest BCUT2D eigenvalue weighted by molar-refractivity contribution is 7.66. The first kappa shape index (κ1) is 26.7. The van der Waals surface area contributed by atoms with Gasteiger partial charge in [0.15, 0.2) is 11.8 Å². The van der Waals surface area contributed by atoms with Gasteiger partial charge in [0.1, 0.15) is 18.5 Å². The van der Waals surface area contributed by atoms with Crippen LogP contribution in [0.2, 0.25) is 0 Å². The molecule has 21 heteroatoms. The van der Waals surface area contributed by atoms with Crippen LogP contribution in [0.15, 0.2) is 11.1 Å². The quantitative estimate of drug-likeness (QED) is 0.138. The van der Waals surface area contributed by atoms with Gasteiger partial charge in [-0.15, -0.1) is 6.42 Å². The maximum Gasteiger partial charge on any atom is 0.490 e. The zero-order chi connectivity index (χ0) is 24.7. The molecule has 0 aromatic carbocycles. The lowest BCUT2D eigenvalue weighted by atomic mass is 9.90. The Bertz CT molecular complexity index is 1120. The molecule has 7 atom stereocenters. The molecule has 2 rings (SSSR count). The van der Waals surface area contributed by atoms with Gasteiger partial charge in [-0.1, -0.05) is 5.92 Å². The van der Waals surface area contributed by atoms with E-state index < -0.39 is 59.2 Å². The molecular formula is C11H18N5O13P3. The number of nitrogens with two attached hydrogens (primary N) is 2. The van der Waals surface area contributed by atoms with Gasteiger partial charge < -0.3 is 40.9 Å². The third kappa shape index (κ3) is 6.07. The van der Waals surface area contributed by atoms with E-state index in [1.165, 1.54) is 0 Å². The minimum absolute atomic E-state index is 0.384. The number of nitrogen functional groups attached to an aromatic ring is 1. The summed E-state index contributed by atoms with van der Waals surface area (Å²) < 4.78 is 52.0. The summed E-state index contributed by atoms with van der Waals surface area (Å²) in [6.07, 6.45) is -0.553. The molecule has 1 aliphatic heterocycles. The van der Waals surface area contributed by atoms with Crippen LogP contribution >= 0.6 is 23.5 Å². The molecule has 0 spiro atoms. The maximum absolute atomic E-state index is 12.1.